The lowest BCUT2D eigenvalue weighted by molar-refractivity contribution is -0.110. The predicted molar refractivity (Wildman–Crippen MR) is 67.4 cm³/mol. The van der Waals surface area contributed by atoms with Gasteiger partial charge in [0.15, 0.2) is 0 Å². The summed E-state index contributed by atoms with van der Waals surface area (Å²) in [5.74, 6) is 0.434. The molecule has 0 aliphatic carbocycles. The van der Waals surface area contributed by atoms with Crippen molar-refractivity contribution in [3.63, 3.8) is 0 Å². The Hall–Kier alpha value is -1.10. The lowest BCUT2D eigenvalue weighted by Crippen LogP contribution is -2.41. The van der Waals surface area contributed by atoms with Crippen LogP contribution in [-0.2, 0) is 14.3 Å². The molecule has 18 heavy (non-hydrogen) atoms. The molecule has 0 aromatic carbocycles. The highest BCUT2D eigenvalue weighted by molar-refractivity contribution is 5.73. The molecule has 0 aromatic rings. The molecule has 0 saturated carbocycles. The topological polar surface area (TPSA) is 64.6 Å². The van der Waals surface area contributed by atoms with E-state index in [0.29, 0.717) is 12.3 Å². The van der Waals surface area contributed by atoms with Crippen LogP contribution in [0.5, 0.6) is 0 Å². The second-order valence-electron chi connectivity index (χ2n) is 5.68. The van der Waals surface area contributed by atoms with E-state index in [0.717, 1.165) is 32.3 Å². The maximum absolute atomic E-state index is 11.6. The second-order valence-corrected chi connectivity index (χ2v) is 5.68. The Kier molecular flexibility index (Phi) is 5.59. The maximum atomic E-state index is 11.6. The minimum Gasteiger partial charge on any atom is -0.444 e. The molecular weight excluding hydrogens is 234 g/mol. The van der Waals surface area contributed by atoms with E-state index in [1.807, 2.05) is 0 Å². The van der Waals surface area contributed by atoms with Gasteiger partial charge in [0, 0.05) is 13.2 Å². The number of nitrogens with one attached hydrogen (secondary N) is 1. The fourth-order valence-corrected chi connectivity index (χ4v) is 1.95. The third-order valence-electron chi connectivity index (χ3n) is 2.79. The zero-order valence-corrected chi connectivity index (χ0v) is 11.4. The minimum atomic E-state index is -0.545. The molecule has 1 amide bonds. The number of amides is 1. The molecule has 1 unspecified atom stereocenters. The van der Waals surface area contributed by atoms with Crippen molar-refractivity contribution in [2.24, 2.45) is 5.92 Å². The largest absolute Gasteiger partial charge is 0.444 e. The monoisotopic (exact) mass is 257 g/mol. The Morgan fingerprint density at radius 1 is 1.44 bits per heavy atom. The molecule has 1 N–H and O–H groups in total. The van der Waals surface area contributed by atoms with E-state index >= 15 is 0 Å². The second kappa shape index (κ2) is 6.73. The van der Waals surface area contributed by atoms with Gasteiger partial charge in [0.25, 0.3) is 0 Å². The predicted octanol–water partition coefficient (Wildman–Crippen LogP) is 1.90. The first-order valence-corrected chi connectivity index (χ1v) is 6.43. The van der Waals surface area contributed by atoms with Gasteiger partial charge in [-0.05, 0) is 46.0 Å². The molecule has 1 saturated heterocycles. The third kappa shape index (κ3) is 6.00. The smallest absolute Gasteiger partial charge is 0.408 e. The summed E-state index contributed by atoms with van der Waals surface area (Å²) in [6, 6.07) is -0.469. The summed E-state index contributed by atoms with van der Waals surface area (Å²) >= 11 is 0. The Balaban J connectivity index is 2.36. The zero-order chi connectivity index (χ0) is 13.6. The summed E-state index contributed by atoms with van der Waals surface area (Å²) in [5.41, 5.74) is -0.545. The fourth-order valence-electron chi connectivity index (χ4n) is 1.95. The number of hydrogen-bond donors (Lipinski definition) is 1. The summed E-state index contributed by atoms with van der Waals surface area (Å²) in [6.07, 6.45) is 2.79. The highest BCUT2D eigenvalue weighted by Crippen LogP contribution is 2.19. The molecule has 5 heteroatoms. The Morgan fingerprint density at radius 3 is 2.56 bits per heavy atom. The highest BCUT2D eigenvalue weighted by Gasteiger charge is 2.23. The molecular formula is C13H23NO4. The first-order valence-electron chi connectivity index (χ1n) is 6.43. The van der Waals surface area contributed by atoms with Crippen LogP contribution in [0.2, 0.25) is 0 Å². The van der Waals surface area contributed by atoms with Crippen LogP contribution in [0.15, 0.2) is 0 Å². The van der Waals surface area contributed by atoms with E-state index < -0.39 is 17.7 Å². The molecule has 5 nitrogen and oxygen atoms in total. The van der Waals surface area contributed by atoms with Gasteiger partial charge in [-0.1, -0.05) is 0 Å². The van der Waals surface area contributed by atoms with E-state index in [2.05, 4.69) is 5.32 Å². The molecule has 1 atom stereocenters. The zero-order valence-electron chi connectivity index (χ0n) is 11.4. The normalized spacial score (nSPS) is 19.1. The fraction of sp³-hybridized carbons (Fsp3) is 0.846. The van der Waals surface area contributed by atoms with Crippen LogP contribution in [0.1, 0.15) is 40.0 Å². The molecule has 1 aliphatic heterocycles. The number of hydrogen-bond acceptors (Lipinski definition) is 4. The van der Waals surface area contributed by atoms with Gasteiger partial charge >= 0.3 is 6.09 Å². The van der Waals surface area contributed by atoms with Crippen molar-refractivity contribution in [2.75, 3.05) is 13.2 Å². The van der Waals surface area contributed by atoms with Crippen LogP contribution in [-0.4, -0.2) is 37.2 Å². The maximum Gasteiger partial charge on any atom is 0.408 e. The molecule has 1 aliphatic rings. The van der Waals surface area contributed by atoms with Gasteiger partial charge in [-0.25, -0.2) is 4.79 Å². The summed E-state index contributed by atoms with van der Waals surface area (Å²) in [5, 5.41) is 2.60. The molecule has 0 radical (unpaired) electrons. The van der Waals surface area contributed by atoms with Crippen LogP contribution in [0.25, 0.3) is 0 Å². The molecule has 0 bridgehead atoms. The first-order chi connectivity index (χ1) is 8.40. The SMILES string of the molecule is CC(C)(C)OC(=O)NC(C=O)CC1CCOCC1. The van der Waals surface area contributed by atoms with Crippen LogP contribution in [0.4, 0.5) is 4.79 Å². The summed E-state index contributed by atoms with van der Waals surface area (Å²) in [6.45, 7) is 6.86. The van der Waals surface area contributed by atoms with Crippen molar-refractivity contribution < 1.29 is 19.1 Å². The quantitative estimate of drug-likeness (QED) is 0.781. The molecule has 1 rings (SSSR count). The van der Waals surface area contributed by atoms with E-state index in [9.17, 15) is 9.59 Å². The molecule has 104 valence electrons. The first kappa shape index (κ1) is 15.0. The molecule has 0 aromatic heterocycles. The van der Waals surface area contributed by atoms with E-state index in [4.69, 9.17) is 9.47 Å². The molecule has 1 heterocycles. The van der Waals surface area contributed by atoms with Crippen molar-refractivity contribution in [1.82, 2.24) is 5.32 Å². The van der Waals surface area contributed by atoms with Crippen LogP contribution < -0.4 is 5.32 Å². The number of aldehydes is 1. The molecule has 1 fully saturated rings. The van der Waals surface area contributed by atoms with E-state index in [1.54, 1.807) is 20.8 Å². The van der Waals surface area contributed by atoms with Gasteiger partial charge in [-0.2, -0.15) is 0 Å². The number of ether oxygens (including phenoxy) is 2. The third-order valence-corrected chi connectivity index (χ3v) is 2.79. The van der Waals surface area contributed by atoms with Crippen molar-refractivity contribution >= 4 is 12.4 Å². The summed E-state index contributed by atoms with van der Waals surface area (Å²) in [7, 11) is 0. The number of alkyl carbamates (subject to hydrolysis) is 1. The van der Waals surface area contributed by atoms with Crippen LogP contribution in [0, 0.1) is 5.92 Å². The van der Waals surface area contributed by atoms with Crippen molar-refractivity contribution in [1.29, 1.82) is 0 Å². The number of rotatable bonds is 4. The van der Waals surface area contributed by atoms with Crippen molar-refractivity contribution in [2.45, 2.75) is 51.7 Å². The van der Waals surface area contributed by atoms with E-state index in [-0.39, 0.29) is 0 Å². The number of carbonyl (C=O) groups is 2. The van der Waals surface area contributed by atoms with E-state index in [1.165, 1.54) is 0 Å². The Bertz CT molecular complexity index is 279. The van der Waals surface area contributed by atoms with Crippen molar-refractivity contribution in [3.05, 3.63) is 0 Å². The highest BCUT2D eigenvalue weighted by atomic mass is 16.6. The van der Waals surface area contributed by atoms with Gasteiger partial charge in [0.2, 0.25) is 0 Å². The Morgan fingerprint density at radius 2 is 2.06 bits per heavy atom. The molecule has 0 spiro atoms. The van der Waals surface area contributed by atoms with Gasteiger partial charge in [-0.3, -0.25) is 0 Å². The lowest BCUT2D eigenvalue weighted by atomic mass is 9.93. The Labute approximate surface area is 108 Å². The summed E-state index contributed by atoms with van der Waals surface area (Å²) in [4.78, 5) is 22.5. The van der Waals surface area contributed by atoms with Crippen LogP contribution >= 0.6 is 0 Å². The average molecular weight is 257 g/mol. The summed E-state index contributed by atoms with van der Waals surface area (Å²) < 4.78 is 10.4. The van der Waals surface area contributed by atoms with Gasteiger partial charge in [0.05, 0.1) is 6.04 Å². The van der Waals surface area contributed by atoms with Gasteiger partial charge < -0.3 is 19.6 Å². The lowest BCUT2D eigenvalue weighted by Gasteiger charge is -2.26. The minimum absolute atomic E-state index is 0.434. The van der Waals surface area contributed by atoms with Gasteiger partial charge in [0.1, 0.15) is 11.9 Å². The number of carbonyl (C=O) groups excluding carboxylic acids is 2. The standard InChI is InChI=1S/C13H23NO4/c1-13(2,3)18-12(16)14-11(9-15)8-10-4-6-17-7-5-10/h9-11H,4-8H2,1-3H3,(H,14,16). The van der Waals surface area contributed by atoms with Gasteiger partial charge in [-0.15, -0.1) is 0 Å². The van der Waals surface area contributed by atoms with Crippen molar-refractivity contribution in [3.8, 4) is 0 Å². The average Bonchev–Trinajstić information content (AvgIpc) is 2.27. The van der Waals surface area contributed by atoms with Crippen LogP contribution in [0.3, 0.4) is 0 Å².